The Bertz CT molecular complexity index is 426. The molecular weight excluding hydrogens is 232 g/mol. The van der Waals surface area contributed by atoms with Crippen molar-refractivity contribution in [3.05, 3.63) is 17.8 Å². The molecule has 0 spiro atoms. The summed E-state index contributed by atoms with van der Waals surface area (Å²) in [6.07, 6.45) is 4.49. The molecule has 2 rings (SSSR count). The van der Waals surface area contributed by atoms with Gasteiger partial charge in [0.05, 0.1) is 6.20 Å². The van der Waals surface area contributed by atoms with Crippen LogP contribution in [0.3, 0.4) is 0 Å². The van der Waals surface area contributed by atoms with Crippen LogP contribution in [-0.4, -0.2) is 27.4 Å². The number of nitrogens with zero attached hydrogens (tertiary/aromatic N) is 2. The quantitative estimate of drug-likeness (QED) is 0.891. The van der Waals surface area contributed by atoms with Gasteiger partial charge < -0.3 is 9.84 Å². The number of hydrogen-bond acceptors (Lipinski definition) is 4. The van der Waals surface area contributed by atoms with Gasteiger partial charge in [-0.05, 0) is 37.2 Å². The molecule has 1 N–H and O–H groups in total. The maximum Gasteiger partial charge on any atom is 0.341 e. The van der Waals surface area contributed by atoms with Gasteiger partial charge in [-0.2, -0.15) is 5.10 Å². The summed E-state index contributed by atoms with van der Waals surface area (Å²) in [5, 5.41) is 16.5. The van der Waals surface area contributed by atoms with Crippen LogP contribution in [0.4, 0.5) is 0 Å². The molecule has 1 saturated carbocycles. The average molecular weight is 250 g/mol. The molecule has 0 aromatic carbocycles. The van der Waals surface area contributed by atoms with Crippen molar-refractivity contribution < 1.29 is 14.6 Å². The Hall–Kier alpha value is -1.65. The van der Waals surface area contributed by atoms with Gasteiger partial charge >= 0.3 is 5.97 Å². The lowest BCUT2D eigenvalue weighted by Gasteiger charge is -2.31. The second kappa shape index (κ2) is 5.33. The summed E-state index contributed by atoms with van der Waals surface area (Å²) >= 11 is 0. The predicted molar refractivity (Wildman–Crippen MR) is 65.6 cm³/mol. The van der Waals surface area contributed by atoms with Crippen LogP contribution in [0, 0.1) is 11.8 Å². The highest BCUT2D eigenvalue weighted by atomic mass is 16.5. The Kier molecular flexibility index (Phi) is 3.79. The Morgan fingerprint density at radius 2 is 2.00 bits per heavy atom. The van der Waals surface area contributed by atoms with E-state index in [0.29, 0.717) is 11.8 Å². The normalized spacial score (nSPS) is 27.8. The van der Waals surface area contributed by atoms with Gasteiger partial charge in [0.2, 0.25) is 5.88 Å². The molecule has 1 heterocycles. The molecule has 0 aliphatic heterocycles. The third-order valence-electron chi connectivity index (χ3n) is 3.33. The van der Waals surface area contributed by atoms with Crippen molar-refractivity contribution in [2.75, 3.05) is 0 Å². The van der Waals surface area contributed by atoms with Crippen LogP contribution >= 0.6 is 0 Å². The van der Waals surface area contributed by atoms with Crippen molar-refractivity contribution in [1.29, 1.82) is 0 Å². The number of carboxylic acid groups (broad SMARTS) is 1. The fourth-order valence-corrected chi connectivity index (χ4v) is 2.70. The second-order valence-corrected chi connectivity index (χ2v) is 5.21. The molecule has 2 unspecified atom stereocenters. The van der Waals surface area contributed by atoms with E-state index in [1.54, 1.807) is 0 Å². The zero-order valence-corrected chi connectivity index (χ0v) is 10.7. The summed E-state index contributed by atoms with van der Waals surface area (Å²) in [5.41, 5.74) is 0.0795. The third kappa shape index (κ3) is 2.97. The number of ether oxygens (including phenoxy) is 1. The summed E-state index contributed by atoms with van der Waals surface area (Å²) in [4.78, 5) is 11.0. The Morgan fingerprint density at radius 3 is 2.61 bits per heavy atom. The highest BCUT2D eigenvalue weighted by Gasteiger charge is 2.27. The maximum atomic E-state index is 11.0. The first-order valence-electron chi connectivity index (χ1n) is 6.28. The highest BCUT2D eigenvalue weighted by molar-refractivity contribution is 5.89. The largest absolute Gasteiger partial charge is 0.477 e. The van der Waals surface area contributed by atoms with Gasteiger partial charge in [-0.3, -0.25) is 0 Å². The summed E-state index contributed by atoms with van der Waals surface area (Å²) in [6.45, 7) is 4.39. The van der Waals surface area contributed by atoms with Crippen LogP contribution in [-0.2, 0) is 0 Å². The van der Waals surface area contributed by atoms with Crippen LogP contribution in [0.5, 0.6) is 5.88 Å². The molecule has 1 fully saturated rings. The minimum atomic E-state index is -1.03. The zero-order valence-electron chi connectivity index (χ0n) is 10.7. The summed E-state index contributed by atoms with van der Waals surface area (Å²) in [6, 6.07) is 1.42. The van der Waals surface area contributed by atoms with E-state index in [-0.39, 0.29) is 17.5 Å². The van der Waals surface area contributed by atoms with Crippen LogP contribution in [0.2, 0.25) is 0 Å². The molecule has 18 heavy (non-hydrogen) atoms. The smallest absolute Gasteiger partial charge is 0.341 e. The second-order valence-electron chi connectivity index (χ2n) is 5.21. The van der Waals surface area contributed by atoms with Gasteiger partial charge in [0.25, 0.3) is 0 Å². The molecule has 0 saturated heterocycles. The van der Waals surface area contributed by atoms with E-state index in [1.807, 2.05) is 0 Å². The minimum Gasteiger partial charge on any atom is -0.477 e. The monoisotopic (exact) mass is 250 g/mol. The van der Waals surface area contributed by atoms with E-state index < -0.39 is 5.97 Å². The number of aromatic carboxylic acids is 1. The standard InChI is InChI=1S/C13H18N2O3/c1-8-5-9(2)7-10(6-8)18-12-11(13(16)17)3-4-14-15-12/h3-4,8-10H,5-7H2,1-2H3,(H,16,17). The number of hydrogen-bond donors (Lipinski definition) is 1. The van der Waals surface area contributed by atoms with E-state index in [2.05, 4.69) is 24.0 Å². The highest BCUT2D eigenvalue weighted by Crippen LogP contribution is 2.31. The molecule has 2 atom stereocenters. The molecule has 5 heteroatoms. The lowest BCUT2D eigenvalue weighted by atomic mass is 9.82. The van der Waals surface area contributed by atoms with Gasteiger partial charge in [0, 0.05) is 0 Å². The molecule has 0 bridgehead atoms. The van der Waals surface area contributed by atoms with Crippen LogP contribution in [0.1, 0.15) is 43.5 Å². The molecule has 0 radical (unpaired) electrons. The van der Waals surface area contributed by atoms with Crippen molar-refractivity contribution in [1.82, 2.24) is 10.2 Å². The number of rotatable bonds is 3. The molecular formula is C13H18N2O3. The molecule has 98 valence electrons. The lowest BCUT2D eigenvalue weighted by molar-refractivity contribution is 0.0668. The zero-order chi connectivity index (χ0) is 13.1. The van der Waals surface area contributed by atoms with Gasteiger partial charge in [-0.15, -0.1) is 5.10 Å². The van der Waals surface area contributed by atoms with Gasteiger partial charge in [0.1, 0.15) is 11.7 Å². The summed E-state index contributed by atoms with van der Waals surface area (Å²) in [7, 11) is 0. The van der Waals surface area contributed by atoms with E-state index in [1.165, 1.54) is 18.7 Å². The van der Waals surface area contributed by atoms with Crippen LogP contribution < -0.4 is 4.74 Å². The molecule has 1 aromatic rings. The van der Waals surface area contributed by atoms with Crippen molar-refractivity contribution in [2.45, 2.75) is 39.2 Å². The first-order chi connectivity index (χ1) is 8.56. The van der Waals surface area contributed by atoms with Crippen molar-refractivity contribution in [3.63, 3.8) is 0 Å². The van der Waals surface area contributed by atoms with E-state index in [4.69, 9.17) is 9.84 Å². The Balaban J connectivity index is 2.11. The topological polar surface area (TPSA) is 72.3 Å². The van der Waals surface area contributed by atoms with E-state index in [9.17, 15) is 4.79 Å². The van der Waals surface area contributed by atoms with Crippen molar-refractivity contribution in [3.8, 4) is 5.88 Å². The SMILES string of the molecule is CC1CC(C)CC(Oc2nnccc2C(=O)O)C1. The molecule has 5 nitrogen and oxygen atoms in total. The fraction of sp³-hybridized carbons (Fsp3) is 0.615. The Morgan fingerprint density at radius 1 is 1.33 bits per heavy atom. The summed E-state index contributed by atoms with van der Waals surface area (Å²) in [5.74, 6) is 0.306. The first kappa shape index (κ1) is 12.8. The van der Waals surface area contributed by atoms with Gasteiger partial charge in [0.15, 0.2) is 0 Å². The van der Waals surface area contributed by atoms with Gasteiger partial charge in [-0.1, -0.05) is 13.8 Å². The van der Waals surface area contributed by atoms with Crippen molar-refractivity contribution >= 4 is 5.97 Å². The fourth-order valence-electron chi connectivity index (χ4n) is 2.70. The third-order valence-corrected chi connectivity index (χ3v) is 3.33. The average Bonchev–Trinajstić information content (AvgIpc) is 2.27. The molecule has 1 aliphatic carbocycles. The first-order valence-corrected chi connectivity index (χ1v) is 6.28. The van der Waals surface area contributed by atoms with Crippen molar-refractivity contribution in [2.24, 2.45) is 11.8 Å². The molecule has 1 aromatic heterocycles. The number of carbonyl (C=O) groups is 1. The summed E-state index contributed by atoms with van der Waals surface area (Å²) < 4.78 is 5.73. The van der Waals surface area contributed by atoms with E-state index >= 15 is 0 Å². The number of aromatic nitrogens is 2. The van der Waals surface area contributed by atoms with E-state index in [0.717, 1.165) is 12.8 Å². The molecule has 1 aliphatic rings. The molecule has 0 amide bonds. The lowest BCUT2D eigenvalue weighted by Crippen LogP contribution is -2.29. The van der Waals surface area contributed by atoms with Gasteiger partial charge in [-0.25, -0.2) is 4.79 Å². The Labute approximate surface area is 106 Å². The van der Waals surface area contributed by atoms with Crippen LogP contribution in [0.25, 0.3) is 0 Å². The predicted octanol–water partition coefficient (Wildman–Crippen LogP) is 2.38. The maximum absolute atomic E-state index is 11.0. The minimum absolute atomic E-state index is 0.0403. The van der Waals surface area contributed by atoms with Crippen LogP contribution in [0.15, 0.2) is 12.3 Å². The number of carboxylic acids is 1.